The highest BCUT2D eigenvalue weighted by Crippen LogP contribution is 2.35. The van der Waals surface area contributed by atoms with Gasteiger partial charge in [-0.2, -0.15) is 0 Å². The van der Waals surface area contributed by atoms with Gasteiger partial charge >= 0.3 is 0 Å². The minimum absolute atomic E-state index is 0.0205. The standard InChI is InChI=1S/C18H24N2O2S/c21-12-15-8-7-14(22-15)11-20-9-3-4-13(10-20)18-19-16-5-1-2-6-17(16)23-18/h7-8,13,21H,1-6,9-12H2/t13-/m0/s1. The van der Waals surface area contributed by atoms with E-state index < -0.39 is 0 Å². The van der Waals surface area contributed by atoms with Crippen molar-refractivity contribution in [3.8, 4) is 0 Å². The van der Waals surface area contributed by atoms with Crippen LogP contribution in [0.25, 0.3) is 0 Å². The molecule has 4 nitrogen and oxygen atoms in total. The van der Waals surface area contributed by atoms with Crippen LogP contribution in [0.5, 0.6) is 0 Å². The smallest absolute Gasteiger partial charge is 0.129 e. The maximum Gasteiger partial charge on any atom is 0.129 e. The molecule has 0 saturated carbocycles. The molecule has 2 aromatic heterocycles. The summed E-state index contributed by atoms with van der Waals surface area (Å²) in [6, 6.07) is 3.85. The summed E-state index contributed by atoms with van der Waals surface area (Å²) in [5.74, 6) is 2.18. The SMILES string of the molecule is OCc1ccc(CN2CCC[C@H](c3nc4c(s3)CCCC4)C2)o1. The first-order chi connectivity index (χ1) is 11.3. The summed E-state index contributed by atoms with van der Waals surface area (Å²) in [5, 5.41) is 10.5. The lowest BCUT2D eigenvalue weighted by Gasteiger charge is -2.31. The Morgan fingerprint density at radius 3 is 2.91 bits per heavy atom. The number of aliphatic hydroxyl groups excluding tert-OH is 1. The fourth-order valence-electron chi connectivity index (χ4n) is 3.76. The molecule has 0 radical (unpaired) electrons. The third-order valence-electron chi connectivity index (χ3n) is 4.97. The van der Waals surface area contributed by atoms with Crippen molar-refractivity contribution in [1.82, 2.24) is 9.88 Å². The molecule has 1 aliphatic heterocycles. The molecule has 1 saturated heterocycles. The van der Waals surface area contributed by atoms with E-state index in [1.165, 1.54) is 49.2 Å². The van der Waals surface area contributed by atoms with Gasteiger partial charge in [-0.05, 0) is 57.2 Å². The second kappa shape index (κ2) is 6.75. The van der Waals surface area contributed by atoms with Crippen LogP contribution >= 0.6 is 11.3 Å². The van der Waals surface area contributed by atoms with E-state index in [-0.39, 0.29) is 6.61 Å². The molecule has 3 heterocycles. The molecule has 2 aliphatic rings. The quantitative estimate of drug-likeness (QED) is 0.931. The lowest BCUT2D eigenvalue weighted by atomic mass is 9.98. The van der Waals surface area contributed by atoms with Crippen LogP contribution < -0.4 is 0 Å². The number of nitrogens with zero attached hydrogens (tertiary/aromatic N) is 2. The lowest BCUT2D eigenvalue weighted by molar-refractivity contribution is 0.180. The number of hydrogen-bond donors (Lipinski definition) is 1. The molecule has 23 heavy (non-hydrogen) atoms. The number of aryl methyl sites for hydroxylation is 2. The fraction of sp³-hybridized carbons (Fsp3) is 0.611. The van der Waals surface area contributed by atoms with Crippen molar-refractivity contribution in [2.75, 3.05) is 13.1 Å². The summed E-state index contributed by atoms with van der Waals surface area (Å²) in [7, 11) is 0. The molecule has 4 rings (SSSR count). The molecule has 0 spiro atoms. The number of rotatable bonds is 4. The minimum Gasteiger partial charge on any atom is -0.462 e. The van der Waals surface area contributed by atoms with Crippen LogP contribution in [0.2, 0.25) is 0 Å². The molecule has 0 aromatic carbocycles. The zero-order valence-corrected chi connectivity index (χ0v) is 14.3. The van der Waals surface area contributed by atoms with Crippen molar-refractivity contribution in [1.29, 1.82) is 0 Å². The number of aromatic nitrogens is 1. The van der Waals surface area contributed by atoms with E-state index in [0.29, 0.717) is 11.7 Å². The molecule has 0 unspecified atom stereocenters. The van der Waals surface area contributed by atoms with Crippen LogP contribution in [0.15, 0.2) is 16.5 Å². The molecule has 0 bridgehead atoms. The molecule has 2 aromatic rings. The average molecular weight is 332 g/mol. The van der Waals surface area contributed by atoms with Gasteiger partial charge in [-0.1, -0.05) is 0 Å². The summed E-state index contributed by atoms with van der Waals surface area (Å²) < 4.78 is 5.64. The lowest BCUT2D eigenvalue weighted by Crippen LogP contribution is -2.33. The van der Waals surface area contributed by atoms with Crippen LogP contribution in [-0.2, 0) is 26.0 Å². The Bertz CT molecular complexity index is 640. The highest BCUT2D eigenvalue weighted by Gasteiger charge is 2.26. The van der Waals surface area contributed by atoms with Crippen LogP contribution in [0.4, 0.5) is 0 Å². The second-order valence-corrected chi connectivity index (χ2v) is 7.84. The molecular weight excluding hydrogens is 308 g/mol. The summed E-state index contributed by atoms with van der Waals surface area (Å²) in [6.45, 7) is 3.01. The zero-order chi connectivity index (χ0) is 15.6. The molecule has 5 heteroatoms. The van der Waals surface area contributed by atoms with Gasteiger partial charge in [-0.3, -0.25) is 4.90 Å². The van der Waals surface area contributed by atoms with E-state index in [1.54, 1.807) is 4.88 Å². The van der Waals surface area contributed by atoms with E-state index in [0.717, 1.165) is 25.4 Å². The van der Waals surface area contributed by atoms with Crippen LogP contribution in [0.1, 0.15) is 58.7 Å². The largest absolute Gasteiger partial charge is 0.462 e. The number of aliphatic hydroxyl groups is 1. The van der Waals surface area contributed by atoms with E-state index in [9.17, 15) is 0 Å². The average Bonchev–Trinajstić information content (AvgIpc) is 3.21. The van der Waals surface area contributed by atoms with Gasteiger partial charge in [0.1, 0.15) is 18.1 Å². The molecule has 1 atom stereocenters. The second-order valence-electron chi connectivity index (χ2n) is 6.73. The molecule has 0 amide bonds. The molecule has 1 fully saturated rings. The maximum absolute atomic E-state index is 9.11. The van der Waals surface area contributed by atoms with Gasteiger partial charge in [-0.25, -0.2) is 4.98 Å². The third-order valence-corrected chi connectivity index (χ3v) is 6.29. The Hall–Kier alpha value is -1.17. The van der Waals surface area contributed by atoms with Crippen molar-refractivity contribution < 1.29 is 9.52 Å². The highest BCUT2D eigenvalue weighted by atomic mass is 32.1. The van der Waals surface area contributed by atoms with Gasteiger partial charge in [0.2, 0.25) is 0 Å². The Morgan fingerprint density at radius 2 is 2.09 bits per heavy atom. The Morgan fingerprint density at radius 1 is 1.22 bits per heavy atom. The van der Waals surface area contributed by atoms with Crippen molar-refractivity contribution in [2.24, 2.45) is 0 Å². The van der Waals surface area contributed by atoms with Gasteiger partial charge < -0.3 is 9.52 Å². The zero-order valence-electron chi connectivity index (χ0n) is 13.5. The first-order valence-corrected chi connectivity index (χ1v) is 9.53. The highest BCUT2D eigenvalue weighted by molar-refractivity contribution is 7.11. The van der Waals surface area contributed by atoms with Crippen LogP contribution in [-0.4, -0.2) is 28.1 Å². The monoisotopic (exact) mass is 332 g/mol. The minimum atomic E-state index is -0.0205. The Kier molecular flexibility index (Phi) is 4.51. The number of thiazole rings is 1. The predicted molar refractivity (Wildman–Crippen MR) is 90.6 cm³/mol. The van der Waals surface area contributed by atoms with E-state index in [4.69, 9.17) is 14.5 Å². The summed E-state index contributed by atoms with van der Waals surface area (Å²) in [5.41, 5.74) is 1.38. The predicted octanol–water partition coefficient (Wildman–Crippen LogP) is 3.49. The van der Waals surface area contributed by atoms with Crippen molar-refractivity contribution in [3.05, 3.63) is 39.2 Å². The van der Waals surface area contributed by atoms with E-state index in [2.05, 4.69) is 4.90 Å². The first-order valence-electron chi connectivity index (χ1n) is 8.71. The Labute approximate surface area is 141 Å². The first kappa shape index (κ1) is 15.4. The topological polar surface area (TPSA) is 49.5 Å². The molecule has 124 valence electrons. The number of hydrogen-bond acceptors (Lipinski definition) is 5. The van der Waals surface area contributed by atoms with E-state index in [1.807, 2.05) is 23.5 Å². The van der Waals surface area contributed by atoms with Crippen LogP contribution in [0, 0.1) is 0 Å². The maximum atomic E-state index is 9.11. The van der Waals surface area contributed by atoms with Gasteiger partial charge in [0.05, 0.1) is 17.2 Å². The van der Waals surface area contributed by atoms with Gasteiger partial charge in [-0.15, -0.1) is 11.3 Å². The number of piperidine rings is 1. The van der Waals surface area contributed by atoms with Crippen molar-refractivity contribution in [3.63, 3.8) is 0 Å². The number of fused-ring (bicyclic) bond motifs is 1. The molecular formula is C18H24N2O2S. The molecule has 1 aliphatic carbocycles. The van der Waals surface area contributed by atoms with Crippen LogP contribution in [0.3, 0.4) is 0 Å². The van der Waals surface area contributed by atoms with Gasteiger partial charge in [0, 0.05) is 17.3 Å². The molecule has 1 N–H and O–H groups in total. The summed E-state index contributed by atoms with van der Waals surface area (Å²) >= 11 is 1.96. The fourth-order valence-corrected chi connectivity index (χ4v) is 5.04. The van der Waals surface area contributed by atoms with E-state index >= 15 is 0 Å². The number of likely N-dealkylation sites (tertiary alicyclic amines) is 1. The third kappa shape index (κ3) is 3.37. The normalized spacial score (nSPS) is 22.2. The Balaban J connectivity index is 1.43. The summed E-state index contributed by atoms with van der Waals surface area (Å²) in [4.78, 5) is 8.98. The van der Waals surface area contributed by atoms with Gasteiger partial charge in [0.15, 0.2) is 0 Å². The number of furan rings is 1. The van der Waals surface area contributed by atoms with Gasteiger partial charge in [0.25, 0.3) is 0 Å². The van der Waals surface area contributed by atoms with Crippen molar-refractivity contribution in [2.45, 2.75) is 57.6 Å². The van der Waals surface area contributed by atoms with Crippen molar-refractivity contribution >= 4 is 11.3 Å². The summed E-state index contributed by atoms with van der Waals surface area (Å²) in [6.07, 6.45) is 7.53.